The third kappa shape index (κ3) is 4.61. The largest absolute Gasteiger partial charge is 0.496 e. The number of nitrogens with zero attached hydrogens (tertiary/aromatic N) is 3. The summed E-state index contributed by atoms with van der Waals surface area (Å²) in [5, 5.41) is 15.0. The number of methoxy groups -OCH3 is 1. The molecular formula is C19H20ClN5O. The second kappa shape index (κ2) is 8.49. The van der Waals surface area contributed by atoms with Gasteiger partial charge in [0.05, 0.1) is 13.3 Å². The normalized spacial score (nSPS) is 10.4. The fourth-order valence-corrected chi connectivity index (χ4v) is 2.66. The highest BCUT2D eigenvalue weighted by Crippen LogP contribution is 2.22. The highest BCUT2D eigenvalue weighted by atomic mass is 35.5. The molecule has 2 N–H and O–H groups in total. The molecule has 1 aromatic heterocycles. The van der Waals surface area contributed by atoms with Crippen molar-refractivity contribution in [1.82, 2.24) is 15.2 Å². The van der Waals surface area contributed by atoms with Gasteiger partial charge in [-0.2, -0.15) is 10.1 Å². The lowest BCUT2D eigenvalue weighted by atomic mass is 10.1. The average Bonchev–Trinajstić information content (AvgIpc) is 2.65. The van der Waals surface area contributed by atoms with E-state index in [0.717, 1.165) is 29.0 Å². The van der Waals surface area contributed by atoms with Crippen LogP contribution >= 0.6 is 11.6 Å². The molecule has 6 nitrogen and oxygen atoms in total. The van der Waals surface area contributed by atoms with E-state index < -0.39 is 0 Å². The van der Waals surface area contributed by atoms with Crippen molar-refractivity contribution < 1.29 is 4.74 Å². The molecule has 0 fully saturated rings. The number of ether oxygens (including phenoxy) is 1. The third-order valence-corrected chi connectivity index (χ3v) is 4.29. The van der Waals surface area contributed by atoms with Crippen LogP contribution in [0.1, 0.15) is 11.1 Å². The molecule has 0 radical (unpaired) electrons. The van der Waals surface area contributed by atoms with E-state index in [-0.39, 0.29) is 0 Å². The summed E-state index contributed by atoms with van der Waals surface area (Å²) in [6.45, 7) is 2.66. The van der Waals surface area contributed by atoms with E-state index in [4.69, 9.17) is 16.3 Å². The number of hydrogen-bond donors (Lipinski definition) is 2. The molecule has 0 saturated heterocycles. The summed E-state index contributed by atoms with van der Waals surface area (Å²) in [5.41, 5.74) is 2.97. The number of anilines is 3. The van der Waals surface area contributed by atoms with Crippen LogP contribution in [0, 0.1) is 6.92 Å². The van der Waals surface area contributed by atoms with Crippen LogP contribution in [0.2, 0.25) is 5.02 Å². The van der Waals surface area contributed by atoms with Crippen molar-refractivity contribution >= 4 is 29.1 Å². The molecule has 0 bridgehead atoms. The molecule has 0 aliphatic carbocycles. The maximum Gasteiger partial charge on any atom is 0.249 e. The Balaban J connectivity index is 1.61. The van der Waals surface area contributed by atoms with E-state index >= 15 is 0 Å². The van der Waals surface area contributed by atoms with Crippen LogP contribution in [0.5, 0.6) is 5.75 Å². The molecular weight excluding hydrogens is 350 g/mol. The number of para-hydroxylation sites is 1. The van der Waals surface area contributed by atoms with E-state index in [1.165, 1.54) is 0 Å². The molecule has 0 amide bonds. The van der Waals surface area contributed by atoms with Gasteiger partial charge in [0, 0.05) is 17.3 Å². The Morgan fingerprint density at radius 2 is 2.00 bits per heavy atom. The minimum Gasteiger partial charge on any atom is -0.496 e. The number of hydrogen-bond acceptors (Lipinski definition) is 6. The molecule has 0 spiro atoms. The first-order chi connectivity index (χ1) is 12.7. The fourth-order valence-electron chi connectivity index (χ4n) is 2.48. The second-order valence-electron chi connectivity index (χ2n) is 5.74. The molecule has 26 heavy (non-hydrogen) atoms. The summed E-state index contributed by atoms with van der Waals surface area (Å²) in [5.74, 6) is 1.94. The standard InChI is InChI=1S/C19H20ClN5O/c1-13-7-8-15(11-16(13)20)23-19-24-18(12-22-25-19)21-10-9-14-5-3-4-6-17(14)26-2/h3-8,11-12H,9-10H2,1-2H3,(H2,21,23,24,25). The van der Waals surface area contributed by atoms with Crippen molar-refractivity contribution in [2.45, 2.75) is 13.3 Å². The summed E-state index contributed by atoms with van der Waals surface area (Å²) >= 11 is 6.14. The maximum atomic E-state index is 6.14. The average molecular weight is 370 g/mol. The van der Waals surface area contributed by atoms with Crippen LogP contribution in [-0.2, 0) is 6.42 Å². The Morgan fingerprint density at radius 1 is 1.15 bits per heavy atom. The van der Waals surface area contributed by atoms with Gasteiger partial charge in [0.25, 0.3) is 0 Å². The molecule has 2 aromatic carbocycles. The number of halogens is 1. The summed E-state index contributed by atoms with van der Waals surface area (Å²) < 4.78 is 5.37. The Bertz CT molecular complexity index is 887. The quantitative estimate of drug-likeness (QED) is 0.649. The number of rotatable bonds is 7. The Labute approximate surface area is 157 Å². The van der Waals surface area contributed by atoms with Gasteiger partial charge in [0.1, 0.15) is 5.75 Å². The van der Waals surface area contributed by atoms with Crippen molar-refractivity contribution in [2.24, 2.45) is 0 Å². The molecule has 0 aliphatic rings. The molecule has 134 valence electrons. The van der Waals surface area contributed by atoms with Crippen molar-refractivity contribution in [3.8, 4) is 5.75 Å². The van der Waals surface area contributed by atoms with Gasteiger partial charge in [-0.1, -0.05) is 35.9 Å². The minimum absolute atomic E-state index is 0.409. The van der Waals surface area contributed by atoms with Gasteiger partial charge in [0.2, 0.25) is 5.95 Å². The van der Waals surface area contributed by atoms with Gasteiger partial charge < -0.3 is 15.4 Å². The molecule has 1 heterocycles. The number of aryl methyl sites for hydroxylation is 1. The van der Waals surface area contributed by atoms with Gasteiger partial charge in [0.15, 0.2) is 5.82 Å². The van der Waals surface area contributed by atoms with Gasteiger partial charge in [-0.15, -0.1) is 5.10 Å². The van der Waals surface area contributed by atoms with E-state index in [1.54, 1.807) is 13.3 Å². The van der Waals surface area contributed by atoms with E-state index in [9.17, 15) is 0 Å². The zero-order chi connectivity index (χ0) is 18.4. The van der Waals surface area contributed by atoms with E-state index in [0.29, 0.717) is 23.3 Å². The highest BCUT2D eigenvalue weighted by Gasteiger charge is 2.05. The van der Waals surface area contributed by atoms with Crippen LogP contribution in [0.25, 0.3) is 0 Å². The number of aromatic nitrogens is 3. The molecule has 7 heteroatoms. The van der Waals surface area contributed by atoms with Gasteiger partial charge in [-0.3, -0.25) is 0 Å². The highest BCUT2D eigenvalue weighted by molar-refractivity contribution is 6.31. The third-order valence-electron chi connectivity index (χ3n) is 3.88. The van der Waals surface area contributed by atoms with Crippen LogP contribution in [0.4, 0.5) is 17.5 Å². The monoisotopic (exact) mass is 369 g/mol. The summed E-state index contributed by atoms with van der Waals surface area (Å²) in [6, 6.07) is 13.7. The predicted octanol–water partition coefficient (Wildman–Crippen LogP) is 4.24. The first-order valence-corrected chi connectivity index (χ1v) is 8.62. The lowest BCUT2D eigenvalue weighted by molar-refractivity contribution is 0.410. The molecule has 0 aliphatic heterocycles. The summed E-state index contributed by atoms with van der Waals surface area (Å²) in [7, 11) is 1.68. The topological polar surface area (TPSA) is 72.0 Å². The van der Waals surface area contributed by atoms with Crippen molar-refractivity contribution in [2.75, 3.05) is 24.3 Å². The Morgan fingerprint density at radius 3 is 2.81 bits per heavy atom. The van der Waals surface area contributed by atoms with Gasteiger partial charge >= 0.3 is 0 Å². The molecule has 0 saturated carbocycles. The van der Waals surface area contributed by atoms with E-state index in [1.807, 2.05) is 49.4 Å². The zero-order valence-corrected chi connectivity index (χ0v) is 15.4. The lowest BCUT2D eigenvalue weighted by Crippen LogP contribution is -2.09. The lowest BCUT2D eigenvalue weighted by Gasteiger charge is -2.10. The summed E-state index contributed by atoms with van der Waals surface area (Å²) in [6.07, 6.45) is 2.40. The predicted molar refractivity (Wildman–Crippen MR) is 104 cm³/mol. The first kappa shape index (κ1) is 17.9. The number of nitrogens with one attached hydrogen (secondary N) is 2. The van der Waals surface area contributed by atoms with Crippen LogP contribution in [0.3, 0.4) is 0 Å². The molecule has 0 unspecified atom stereocenters. The zero-order valence-electron chi connectivity index (χ0n) is 14.7. The second-order valence-corrected chi connectivity index (χ2v) is 6.15. The van der Waals surface area contributed by atoms with Crippen LogP contribution in [-0.4, -0.2) is 28.8 Å². The van der Waals surface area contributed by atoms with Crippen molar-refractivity contribution in [3.05, 3.63) is 64.8 Å². The van der Waals surface area contributed by atoms with Gasteiger partial charge in [-0.25, -0.2) is 0 Å². The minimum atomic E-state index is 0.409. The maximum absolute atomic E-state index is 6.14. The number of benzene rings is 2. The van der Waals surface area contributed by atoms with Gasteiger partial charge in [-0.05, 0) is 42.7 Å². The molecule has 3 rings (SSSR count). The van der Waals surface area contributed by atoms with Crippen LogP contribution in [0.15, 0.2) is 48.7 Å². The van der Waals surface area contributed by atoms with E-state index in [2.05, 4.69) is 25.8 Å². The Kier molecular flexibility index (Phi) is 5.86. The molecule has 3 aromatic rings. The van der Waals surface area contributed by atoms with Crippen molar-refractivity contribution in [1.29, 1.82) is 0 Å². The first-order valence-electron chi connectivity index (χ1n) is 8.24. The SMILES string of the molecule is COc1ccccc1CCNc1cnnc(Nc2ccc(C)c(Cl)c2)n1. The van der Waals surface area contributed by atoms with Crippen molar-refractivity contribution in [3.63, 3.8) is 0 Å². The molecule has 0 atom stereocenters. The van der Waals surface area contributed by atoms with Crippen LogP contribution < -0.4 is 15.4 Å². The fraction of sp³-hybridized carbons (Fsp3) is 0.211. The smallest absolute Gasteiger partial charge is 0.249 e. The summed E-state index contributed by atoms with van der Waals surface area (Å²) in [4.78, 5) is 4.42. The Hall–Kier alpha value is -2.86.